The maximum Gasteiger partial charge on any atom is 0.137 e. The van der Waals surface area contributed by atoms with E-state index < -0.39 is 0 Å². The smallest absolute Gasteiger partial charge is 0.137 e. The summed E-state index contributed by atoms with van der Waals surface area (Å²) in [6.45, 7) is 0. The van der Waals surface area contributed by atoms with Gasteiger partial charge in [0.1, 0.15) is 17.2 Å². The molecule has 0 saturated heterocycles. The molecule has 3 heterocycles. The third-order valence-corrected chi connectivity index (χ3v) is 5.24. The van der Waals surface area contributed by atoms with E-state index in [0.29, 0.717) is 5.02 Å². The summed E-state index contributed by atoms with van der Waals surface area (Å²) in [5.74, 6) is -0.268. The second-order valence-electron chi connectivity index (χ2n) is 6.84. The van der Waals surface area contributed by atoms with Gasteiger partial charge in [0.25, 0.3) is 0 Å². The van der Waals surface area contributed by atoms with E-state index >= 15 is 0 Å². The molecule has 0 atom stereocenters. The number of rotatable bonds is 3. The molecule has 0 radical (unpaired) electrons. The fourth-order valence-electron chi connectivity index (χ4n) is 3.53. The Balaban J connectivity index is 1.68. The minimum absolute atomic E-state index is 0.268. The lowest BCUT2D eigenvalue weighted by Gasteiger charge is -2.07. The highest BCUT2D eigenvalue weighted by atomic mass is 35.5. The molecule has 0 spiro atoms. The number of pyridine rings is 1. The van der Waals surface area contributed by atoms with Gasteiger partial charge in [-0.2, -0.15) is 5.10 Å². The van der Waals surface area contributed by atoms with Crippen LogP contribution in [0.5, 0.6) is 0 Å². The van der Waals surface area contributed by atoms with Crippen LogP contribution in [0.15, 0.2) is 79.3 Å². The number of aryl methyl sites for hydroxylation is 1. The number of nitrogens with zero attached hydrogens (tertiary/aromatic N) is 4. The Morgan fingerprint density at radius 3 is 2.41 bits per heavy atom. The van der Waals surface area contributed by atoms with Gasteiger partial charge >= 0.3 is 0 Å². The Hall–Kier alpha value is -3.44. The zero-order valence-corrected chi connectivity index (χ0v) is 16.3. The van der Waals surface area contributed by atoms with Crippen molar-refractivity contribution in [1.82, 2.24) is 19.2 Å². The standard InChI is InChI=1S/C23H16ClFN4/c1-28-14-19(23(27-28)15-6-9-17(25)10-7-15)16-8-11-22-26-12-21(29(22)13-16)18-4-2-3-5-20(18)24/h2-14H,1H3. The molecule has 5 rings (SSSR count). The fourth-order valence-corrected chi connectivity index (χ4v) is 3.76. The van der Waals surface area contributed by atoms with Crippen LogP contribution in [0.25, 0.3) is 39.3 Å². The molecule has 0 saturated carbocycles. The Kier molecular flexibility index (Phi) is 4.18. The van der Waals surface area contributed by atoms with Crippen LogP contribution in [0.4, 0.5) is 4.39 Å². The van der Waals surface area contributed by atoms with Gasteiger partial charge in [0.05, 0.1) is 11.9 Å². The molecule has 4 nitrogen and oxygen atoms in total. The molecular formula is C23H16ClFN4. The van der Waals surface area contributed by atoms with Gasteiger partial charge in [-0.25, -0.2) is 9.37 Å². The number of benzene rings is 2. The Morgan fingerprint density at radius 2 is 1.62 bits per heavy atom. The highest BCUT2D eigenvalue weighted by Gasteiger charge is 2.15. The van der Waals surface area contributed by atoms with Crippen molar-refractivity contribution in [3.8, 4) is 33.6 Å². The van der Waals surface area contributed by atoms with Crippen LogP contribution in [-0.2, 0) is 7.05 Å². The summed E-state index contributed by atoms with van der Waals surface area (Å²) in [6, 6.07) is 18.1. The van der Waals surface area contributed by atoms with Crippen LogP contribution in [0.1, 0.15) is 0 Å². The van der Waals surface area contributed by atoms with E-state index in [1.165, 1.54) is 12.1 Å². The van der Waals surface area contributed by atoms with Crippen molar-refractivity contribution in [2.75, 3.05) is 0 Å². The summed E-state index contributed by atoms with van der Waals surface area (Å²) in [5.41, 5.74) is 6.26. The molecule has 0 aliphatic heterocycles. The van der Waals surface area contributed by atoms with Gasteiger partial charge in [-0.15, -0.1) is 0 Å². The van der Waals surface area contributed by atoms with Crippen LogP contribution in [0.3, 0.4) is 0 Å². The highest BCUT2D eigenvalue weighted by Crippen LogP contribution is 2.33. The molecule has 5 aromatic rings. The summed E-state index contributed by atoms with van der Waals surface area (Å²) in [6.07, 6.45) is 5.82. The van der Waals surface area contributed by atoms with Crippen molar-refractivity contribution < 1.29 is 4.39 Å². The van der Waals surface area contributed by atoms with Crippen LogP contribution in [0.2, 0.25) is 5.02 Å². The molecule has 142 valence electrons. The second-order valence-corrected chi connectivity index (χ2v) is 7.25. The Morgan fingerprint density at radius 1 is 0.862 bits per heavy atom. The van der Waals surface area contributed by atoms with Gasteiger partial charge in [-0.3, -0.25) is 9.08 Å². The first-order chi connectivity index (χ1) is 14.1. The molecule has 2 aromatic carbocycles. The lowest BCUT2D eigenvalue weighted by Crippen LogP contribution is -1.91. The summed E-state index contributed by atoms with van der Waals surface area (Å²) in [5, 5.41) is 5.27. The quantitative estimate of drug-likeness (QED) is 0.379. The van der Waals surface area contributed by atoms with Crippen molar-refractivity contribution in [3.63, 3.8) is 0 Å². The first-order valence-electron chi connectivity index (χ1n) is 9.12. The van der Waals surface area contributed by atoms with Crippen LogP contribution in [-0.4, -0.2) is 19.2 Å². The fraction of sp³-hybridized carbons (Fsp3) is 0.0435. The molecule has 0 aliphatic rings. The zero-order chi connectivity index (χ0) is 20.0. The molecule has 0 amide bonds. The van der Waals surface area contributed by atoms with E-state index in [4.69, 9.17) is 11.6 Å². The first kappa shape index (κ1) is 17.6. The SMILES string of the molecule is Cn1cc(-c2ccc3ncc(-c4ccccc4Cl)n3c2)c(-c2ccc(F)cc2)n1. The molecule has 0 unspecified atom stereocenters. The number of hydrogen-bond acceptors (Lipinski definition) is 2. The van der Waals surface area contributed by atoms with Crippen LogP contribution >= 0.6 is 11.6 Å². The minimum Gasteiger partial charge on any atom is -0.299 e. The van der Waals surface area contributed by atoms with Gasteiger partial charge in [-0.1, -0.05) is 29.8 Å². The lowest BCUT2D eigenvalue weighted by atomic mass is 10.0. The molecular weight excluding hydrogens is 387 g/mol. The molecule has 6 heteroatoms. The topological polar surface area (TPSA) is 35.1 Å². The van der Waals surface area contributed by atoms with Crippen molar-refractivity contribution >= 4 is 17.2 Å². The largest absolute Gasteiger partial charge is 0.299 e. The van der Waals surface area contributed by atoms with Gasteiger partial charge in [0.2, 0.25) is 0 Å². The van der Waals surface area contributed by atoms with Gasteiger partial charge < -0.3 is 0 Å². The molecule has 3 aromatic heterocycles. The van der Waals surface area contributed by atoms with Gasteiger partial charge in [0, 0.05) is 46.7 Å². The van der Waals surface area contributed by atoms with E-state index in [1.807, 2.05) is 66.4 Å². The molecule has 0 fully saturated rings. The van der Waals surface area contributed by atoms with E-state index in [9.17, 15) is 4.39 Å². The second kappa shape index (κ2) is 6.87. The van der Waals surface area contributed by atoms with E-state index in [1.54, 1.807) is 16.8 Å². The molecule has 0 aliphatic carbocycles. The van der Waals surface area contributed by atoms with E-state index in [2.05, 4.69) is 10.1 Å². The van der Waals surface area contributed by atoms with Crippen LogP contribution in [0, 0.1) is 5.82 Å². The Bertz CT molecular complexity index is 1340. The maximum absolute atomic E-state index is 13.4. The Labute approximate surface area is 171 Å². The summed E-state index contributed by atoms with van der Waals surface area (Å²) in [7, 11) is 1.88. The summed E-state index contributed by atoms with van der Waals surface area (Å²) >= 11 is 6.41. The van der Waals surface area contributed by atoms with Crippen molar-refractivity contribution in [2.24, 2.45) is 7.05 Å². The van der Waals surface area contributed by atoms with Gasteiger partial charge in [0.15, 0.2) is 0 Å². The average molecular weight is 403 g/mol. The number of aromatic nitrogens is 4. The number of imidazole rings is 1. The van der Waals surface area contributed by atoms with Gasteiger partial charge in [-0.05, 0) is 42.5 Å². The van der Waals surface area contributed by atoms with Crippen LogP contribution < -0.4 is 0 Å². The lowest BCUT2D eigenvalue weighted by molar-refractivity contribution is 0.628. The average Bonchev–Trinajstić information content (AvgIpc) is 3.32. The first-order valence-corrected chi connectivity index (χ1v) is 9.50. The third kappa shape index (κ3) is 3.09. The van der Waals surface area contributed by atoms with Crippen molar-refractivity contribution in [2.45, 2.75) is 0 Å². The molecule has 29 heavy (non-hydrogen) atoms. The van der Waals surface area contributed by atoms with E-state index in [-0.39, 0.29) is 5.82 Å². The minimum atomic E-state index is -0.268. The maximum atomic E-state index is 13.4. The number of fused-ring (bicyclic) bond motifs is 1. The monoisotopic (exact) mass is 402 g/mol. The molecule has 0 N–H and O–H groups in total. The number of halogens is 2. The highest BCUT2D eigenvalue weighted by molar-refractivity contribution is 6.33. The zero-order valence-electron chi connectivity index (χ0n) is 15.6. The predicted octanol–water partition coefficient (Wildman–Crippen LogP) is 5.86. The van der Waals surface area contributed by atoms with E-state index in [0.717, 1.165) is 39.3 Å². The summed E-state index contributed by atoms with van der Waals surface area (Å²) in [4.78, 5) is 4.51. The third-order valence-electron chi connectivity index (χ3n) is 4.91. The number of hydrogen-bond donors (Lipinski definition) is 0. The van der Waals surface area contributed by atoms with Crippen molar-refractivity contribution in [1.29, 1.82) is 0 Å². The summed E-state index contributed by atoms with van der Waals surface area (Å²) < 4.78 is 17.2. The van der Waals surface area contributed by atoms with Crippen molar-refractivity contribution in [3.05, 3.63) is 90.1 Å². The normalized spacial score (nSPS) is 11.3. The molecule has 0 bridgehead atoms. The predicted molar refractivity (Wildman–Crippen MR) is 113 cm³/mol.